The van der Waals surface area contributed by atoms with E-state index in [0.29, 0.717) is 5.75 Å². The number of phenolic OH excluding ortho intramolecular Hbond substituents is 1. The molecule has 1 atom stereocenters. The van der Waals surface area contributed by atoms with Crippen molar-refractivity contribution >= 4 is 0 Å². The van der Waals surface area contributed by atoms with Crippen LogP contribution in [0.4, 0.5) is 0 Å². The fourth-order valence-corrected chi connectivity index (χ4v) is 1.34. The molecule has 0 aromatic heterocycles. The van der Waals surface area contributed by atoms with Crippen molar-refractivity contribution in [2.24, 2.45) is 5.73 Å². The summed E-state index contributed by atoms with van der Waals surface area (Å²) in [6.45, 7) is 4.01. The number of aryl methyl sites for hydroxylation is 1. The van der Waals surface area contributed by atoms with Crippen LogP contribution < -0.4 is 5.73 Å². The van der Waals surface area contributed by atoms with Gasteiger partial charge in [0.05, 0.1) is 0 Å². The molecule has 3 N–H and O–H groups in total. The Morgan fingerprint density at radius 3 is 2.67 bits per heavy atom. The third-order valence-electron chi connectivity index (χ3n) is 2.00. The minimum absolute atomic E-state index is 0.0422. The molecule has 1 rings (SSSR count). The summed E-state index contributed by atoms with van der Waals surface area (Å²) in [7, 11) is 0. The Hall–Kier alpha value is -1.02. The number of aromatic hydroxyl groups is 1. The first-order chi connectivity index (χ1) is 5.65. The number of hydrogen-bond acceptors (Lipinski definition) is 2. The number of nitrogens with two attached hydrogens (primary N) is 1. The largest absolute Gasteiger partial charge is 0.508 e. The number of rotatable bonds is 2. The SMILES string of the molecule is CCc1cc(O)ccc1C(C)N. The van der Waals surface area contributed by atoms with Crippen LogP contribution in [0.1, 0.15) is 31.0 Å². The zero-order valence-electron chi connectivity index (χ0n) is 7.54. The summed E-state index contributed by atoms with van der Waals surface area (Å²) in [5.41, 5.74) is 8.01. The molecule has 0 fully saturated rings. The van der Waals surface area contributed by atoms with Crippen molar-refractivity contribution in [3.8, 4) is 5.75 Å². The third-order valence-corrected chi connectivity index (χ3v) is 2.00. The van der Waals surface area contributed by atoms with E-state index in [-0.39, 0.29) is 6.04 Å². The lowest BCUT2D eigenvalue weighted by Gasteiger charge is -2.11. The number of benzene rings is 1. The normalized spacial score (nSPS) is 12.9. The maximum atomic E-state index is 9.21. The lowest BCUT2D eigenvalue weighted by molar-refractivity contribution is 0.474. The van der Waals surface area contributed by atoms with Crippen LogP contribution in [0.3, 0.4) is 0 Å². The third kappa shape index (κ3) is 1.77. The second-order valence-corrected chi connectivity index (χ2v) is 3.03. The molecule has 0 aliphatic heterocycles. The molecule has 0 radical (unpaired) electrons. The van der Waals surface area contributed by atoms with Crippen molar-refractivity contribution in [2.75, 3.05) is 0 Å². The summed E-state index contributed by atoms with van der Waals surface area (Å²) < 4.78 is 0. The Bertz CT molecular complexity index is 269. The molecule has 0 aliphatic rings. The molecule has 0 aliphatic carbocycles. The molecule has 66 valence electrons. The van der Waals surface area contributed by atoms with Crippen LogP contribution in [0, 0.1) is 0 Å². The highest BCUT2D eigenvalue weighted by Crippen LogP contribution is 2.21. The zero-order valence-corrected chi connectivity index (χ0v) is 7.54. The van der Waals surface area contributed by atoms with E-state index in [9.17, 15) is 5.11 Å². The van der Waals surface area contributed by atoms with Gasteiger partial charge in [-0.1, -0.05) is 13.0 Å². The van der Waals surface area contributed by atoms with Crippen LogP contribution in [-0.2, 0) is 6.42 Å². The molecule has 1 unspecified atom stereocenters. The first-order valence-electron chi connectivity index (χ1n) is 4.22. The summed E-state index contributed by atoms with van der Waals surface area (Å²) in [5.74, 6) is 0.316. The fourth-order valence-electron chi connectivity index (χ4n) is 1.34. The van der Waals surface area contributed by atoms with Gasteiger partial charge in [0.1, 0.15) is 5.75 Å². The molecule has 0 saturated heterocycles. The van der Waals surface area contributed by atoms with Crippen LogP contribution in [0.15, 0.2) is 18.2 Å². The highest BCUT2D eigenvalue weighted by molar-refractivity contribution is 5.36. The van der Waals surface area contributed by atoms with E-state index in [2.05, 4.69) is 6.92 Å². The lowest BCUT2D eigenvalue weighted by Crippen LogP contribution is -2.07. The van der Waals surface area contributed by atoms with Gasteiger partial charge in [-0.15, -0.1) is 0 Å². The van der Waals surface area contributed by atoms with Gasteiger partial charge in [0.15, 0.2) is 0 Å². The van der Waals surface area contributed by atoms with E-state index in [1.54, 1.807) is 12.1 Å². The molecule has 12 heavy (non-hydrogen) atoms. The van der Waals surface area contributed by atoms with Gasteiger partial charge in [-0.3, -0.25) is 0 Å². The van der Waals surface area contributed by atoms with Crippen LogP contribution >= 0.6 is 0 Å². The van der Waals surface area contributed by atoms with Crippen LogP contribution in [0.25, 0.3) is 0 Å². The van der Waals surface area contributed by atoms with E-state index in [1.807, 2.05) is 13.0 Å². The van der Waals surface area contributed by atoms with E-state index in [1.165, 1.54) is 0 Å². The topological polar surface area (TPSA) is 46.2 Å². The van der Waals surface area contributed by atoms with Crippen molar-refractivity contribution in [1.29, 1.82) is 0 Å². The second-order valence-electron chi connectivity index (χ2n) is 3.03. The Balaban J connectivity index is 3.11. The first kappa shape index (κ1) is 9.07. The summed E-state index contributed by atoms with van der Waals surface area (Å²) >= 11 is 0. The fraction of sp³-hybridized carbons (Fsp3) is 0.400. The average Bonchev–Trinajstić information content (AvgIpc) is 2.03. The molecule has 2 heteroatoms. The molecular weight excluding hydrogens is 150 g/mol. The summed E-state index contributed by atoms with van der Waals surface area (Å²) in [5, 5.41) is 9.21. The average molecular weight is 165 g/mol. The van der Waals surface area contributed by atoms with E-state index in [0.717, 1.165) is 17.5 Å². The minimum atomic E-state index is 0.0422. The molecule has 0 bridgehead atoms. The Labute approximate surface area is 73.0 Å². The maximum absolute atomic E-state index is 9.21. The van der Waals surface area contributed by atoms with Crippen LogP contribution in [-0.4, -0.2) is 5.11 Å². The predicted octanol–water partition coefficient (Wildman–Crippen LogP) is 1.97. The molecule has 1 aromatic rings. The van der Waals surface area contributed by atoms with Crippen LogP contribution in [0.5, 0.6) is 5.75 Å². The lowest BCUT2D eigenvalue weighted by atomic mass is 10.00. The maximum Gasteiger partial charge on any atom is 0.115 e. The van der Waals surface area contributed by atoms with E-state index >= 15 is 0 Å². The minimum Gasteiger partial charge on any atom is -0.508 e. The van der Waals surface area contributed by atoms with Gasteiger partial charge < -0.3 is 10.8 Å². The van der Waals surface area contributed by atoms with Gasteiger partial charge in [0.2, 0.25) is 0 Å². The van der Waals surface area contributed by atoms with Gasteiger partial charge in [-0.2, -0.15) is 0 Å². The highest BCUT2D eigenvalue weighted by Gasteiger charge is 2.05. The summed E-state index contributed by atoms with van der Waals surface area (Å²) in [6.07, 6.45) is 0.908. The van der Waals surface area contributed by atoms with Crippen molar-refractivity contribution in [3.63, 3.8) is 0 Å². The van der Waals surface area contributed by atoms with Gasteiger partial charge in [-0.05, 0) is 36.6 Å². The molecule has 0 saturated carbocycles. The van der Waals surface area contributed by atoms with E-state index < -0.39 is 0 Å². The Kier molecular flexibility index (Phi) is 2.71. The van der Waals surface area contributed by atoms with Crippen molar-refractivity contribution in [3.05, 3.63) is 29.3 Å². The molecule has 0 heterocycles. The van der Waals surface area contributed by atoms with Gasteiger partial charge in [0.25, 0.3) is 0 Å². The number of phenols is 1. The van der Waals surface area contributed by atoms with Gasteiger partial charge >= 0.3 is 0 Å². The van der Waals surface area contributed by atoms with Crippen molar-refractivity contribution in [1.82, 2.24) is 0 Å². The van der Waals surface area contributed by atoms with Gasteiger partial charge in [-0.25, -0.2) is 0 Å². The number of hydrogen-bond donors (Lipinski definition) is 2. The van der Waals surface area contributed by atoms with Gasteiger partial charge in [0, 0.05) is 6.04 Å². The standard InChI is InChI=1S/C10H15NO/c1-3-8-6-9(12)4-5-10(8)7(2)11/h4-7,12H,3,11H2,1-2H3. The Morgan fingerprint density at radius 2 is 2.17 bits per heavy atom. The smallest absolute Gasteiger partial charge is 0.115 e. The monoisotopic (exact) mass is 165 g/mol. The zero-order chi connectivity index (χ0) is 9.14. The molecular formula is C10H15NO. The second kappa shape index (κ2) is 3.59. The molecule has 2 nitrogen and oxygen atoms in total. The molecule has 0 spiro atoms. The molecule has 1 aromatic carbocycles. The summed E-state index contributed by atoms with van der Waals surface area (Å²) in [6, 6.07) is 5.38. The van der Waals surface area contributed by atoms with Crippen molar-refractivity contribution < 1.29 is 5.11 Å². The quantitative estimate of drug-likeness (QED) is 0.703. The van der Waals surface area contributed by atoms with E-state index in [4.69, 9.17) is 5.73 Å². The first-order valence-corrected chi connectivity index (χ1v) is 4.22. The highest BCUT2D eigenvalue weighted by atomic mass is 16.3. The summed E-state index contributed by atoms with van der Waals surface area (Å²) in [4.78, 5) is 0. The van der Waals surface area contributed by atoms with Crippen molar-refractivity contribution in [2.45, 2.75) is 26.3 Å². The Morgan fingerprint density at radius 1 is 1.50 bits per heavy atom. The molecule has 0 amide bonds. The van der Waals surface area contributed by atoms with Crippen LogP contribution in [0.2, 0.25) is 0 Å². The predicted molar refractivity (Wildman–Crippen MR) is 50.1 cm³/mol.